The van der Waals surface area contributed by atoms with Crippen molar-refractivity contribution in [2.75, 3.05) is 6.54 Å². The van der Waals surface area contributed by atoms with E-state index < -0.39 is 6.10 Å². The van der Waals surface area contributed by atoms with Gasteiger partial charge < -0.3 is 16.2 Å². The van der Waals surface area contributed by atoms with Crippen molar-refractivity contribution >= 4 is 27.3 Å². The molecule has 0 radical (unpaired) electrons. The van der Waals surface area contributed by atoms with Gasteiger partial charge in [-0.1, -0.05) is 24.6 Å². The minimum Gasteiger partial charge on any atom is -0.386 e. The molecule has 1 amide bonds. The molecule has 4 nitrogen and oxygen atoms in total. The molecule has 2 aliphatic carbocycles. The highest BCUT2D eigenvalue weighted by Crippen LogP contribution is 2.42. The summed E-state index contributed by atoms with van der Waals surface area (Å²) in [5, 5.41) is 14.6. The number of nitrogens with two attached hydrogens (primary N) is 1. The van der Waals surface area contributed by atoms with E-state index >= 15 is 0 Å². The van der Waals surface area contributed by atoms with Gasteiger partial charge in [-0.15, -0.1) is 11.3 Å². The lowest BCUT2D eigenvalue weighted by Gasteiger charge is -2.43. The summed E-state index contributed by atoms with van der Waals surface area (Å²) in [5.74, 6) is 1.14. The molecular weight excluding hydrogens is 332 g/mol. The Morgan fingerprint density at radius 3 is 2.72 bits per heavy atom. The Morgan fingerprint density at radius 2 is 2.00 bits per heavy atom. The second-order valence-corrected chi connectivity index (χ2v) is 8.76. The minimum absolute atomic E-state index is 0.0599. The van der Waals surface area contributed by atoms with Crippen molar-refractivity contribution < 1.29 is 9.90 Å². The number of amides is 1. The van der Waals surface area contributed by atoms with Crippen LogP contribution in [0.2, 0.25) is 0 Å². The fourth-order valence-electron chi connectivity index (χ4n) is 4.61. The molecule has 2 fully saturated rings. The molecule has 2 bridgehead atoms. The zero-order valence-corrected chi connectivity index (χ0v) is 15.2. The largest absolute Gasteiger partial charge is 0.386 e. The van der Waals surface area contributed by atoms with E-state index in [1.54, 1.807) is 11.3 Å². The molecule has 5 heteroatoms. The zero-order chi connectivity index (χ0) is 17.4. The summed E-state index contributed by atoms with van der Waals surface area (Å²) >= 11 is 1.59. The van der Waals surface area contributed by atoms with Crippen LogP contribution in [-0.2, 0) is 4.79 Å². The molecule has 4 rings (SSSR count). The van der Waals surface area contributed by atoms with Crippen LogP contribution in [0.25, 0.3) is 10.1 Å². The van der Waals surface area contributed by atoms with Crippen molar-refractivity contribution in [3.05, 3.63) is 35.2 Å². The highest BCUT2D eigenvalue weighted by Gasteiger charge is 2.40. The van der Waals surface area contributed by atoms with Gasteiger partial charge in [0.25, 0.3) is 0 Å². The number of fused-ring (bicyclic) bond motifs is 3. The summed E-state index contributed by atoms with van der Waals surface area (Å²) in [6.45, 7) is 0.281. The second-order valence-electron chi connectivity index (χ2n) is 7.64. The van der Waals surface area contributed by atoms with Gasteiger partial charge in [-0.05, 0) is 55.0 Å². The van der Waals surface area contributed by atoms with Crippen molar-refractivity contribution in [3.8, 4) is 0 Å². The second kappa shape index (κ2) is 7.06. The smallest absolute Gasteiger partial charge is 0.223 e. The van der Waals surface area contributed by atoms with Crippen molar-refractivity contribution in [2.45, 2.75) is 44.2 Å². The van der Waals surface area contributed by atoms with Crippen LogP contribution in [0.4, 0.5) is 0 Å². The quantitative estimate of drug-likeness (QED) is 0.785. The maximum absolute atomic E-state index is 12.6. The topological polar surface area (TPSA) is 75.4 Å². The first-order valence-electron chi connectivity index (χ1n) is 9.31. The third-order valence-electron chi connectivity index (χ3n) is 6.03. The van der Waals surface area contributed by atoms with Gasteiger partial charge in [-0.25, -0.2) is 0 Å². The number of aliphatic hydroxyl groups excluding tert-OH is 1. The first-order valence-corrected chi connectivity index (χ1v) is 10.1. The number of carbonyl (C=O) groups is 1. The number of benzene rings is 1. The van der Waals surface area contributed by atoms with E-state index in [1.165, 1.54) is 6.42 Å². The standard InChI is InChI=1S/C20H26N2O2S/c21-19-13-5-3-6-14(19)9-15(8-13)20(24)22-11-16(23)18-10-12-4-1-2-7-17(12)25-18/h1-2,4,7,10,13-16,19,23H,3,5-6,8-9,11,21H2,(H,22,24). The Kier molecular flexibility index (Phi) is 4.80. The zero-order valence-electron chi connectivity index (χ0n) is 14.4. The molecule has 1 heterocycles. The Hall–Kier alpha value is -1.43. The van der Waals surface area contributed by atoms with Crippen LogP contribution in [-0.4, -0.2) is 23.6 Å². The molecule has 0 spiro atoms. The fraction of sp³-hybridized carbons (Fsp3) is 0.550. The summed E-state index contributed by atoms with van der Waals surface area (Å²) in [7, 11) is 0. The number of thiophene rings is 1. The highest BCUT2D eigenvalue weighted by molar-refractivity contribution is 7.19. The molecule has 3 atom stereocenters. The monoisotopic (exact) mass is 358 g/mol. The molecule has 1 aromatic heterocycles. The average Bonchev–Trinajstić information content (AvgIpc) is 3.03. The molecule has 3 unspecified atom stereocenters. The van der Waals surface area contributed by atoms with Gasteiger partial charge in [0.2, 0.25) is 5.91 Å². The van der Waals surface area contributed by atoms with Gasteiger partial charge in [-0.3, -0.25) is 4.79 Å². The third kappa shape index (κ3) is 3.46. The lowest BCUT2D eigenvalue weighted by atomic mass is 9.65. The van der Waals surface area contributed by atoms with Crippen LogP contribution >= 0.6 is 11.3 Å². The number of nitrogens with one attached hydrogen (secondary N) is 1. The van der Waals surface area contributed by atoms with Crippen LogP contribution in [0.3, 0.4) is 0 Å². The van der Waals surface area contributed by atoms with Crippen LogP contribution < -0.4 is 11.1 Å². The molecule has 1 aromatic carbocycles. The Labute approximate surface area is 152 Å². The first kappa shape index (κ1) is 17.0. The van der Waals surface area contributed by atoms with Gasteiger partial charge in [-0.2, -0.15) is 0 Å². The van der Waals surface area contributed by atoms with Crippen molar-refractivity contribution in [1.29, 1.82) is 0 Å². The van der Waals surface area contributed by atoms with Gasteiger partial charge >= 0.3 is 0 Å². The normalized spacial score (nSPS) is 30.2. The van der Waals surface area contributed by atoms with Gasteiger partial charge in [0, 0.05) is 28.1 Å². The van der Waals surface area contributed by atoms with E-state index in [4.69, 9.17) is 5.73 Å². The first-order chi connectivity index (χ1) is 12.1. The van der Waals surface area contributed by atoms with Crippen molar-refractivity contribution in [3.63, 3.8) is 0 Å². The molecule has 25 heavy (non-hydrogen) atoms. The average molecular weight is 359 g/mol. The van der Waals surface area contributed by atoms with Gasteiger partial charge in [0.15, 0.2) is 0 Å². The van der Waals surface area contributed by atoms with Crippen LogP contribution in [0, 0.1) is 17.8 Å². The molecule has 2 aliphatic rings. The lowest BCUT2D eigenvalue weighted by Crippen LogP contribution is -2.49. The summed E-state index contributed by atoms with van der Waals surface area (Å²) in [6.07, 6.45) is 4.73. The molecule has 4 N–H and O–H groups in total. The molecular formula is C20H26N2O2S. The maximum atomic E-state index is 12.6. The number of hydrogen-bond donors (Lipinski definition) is 3. The predicted molar refractivity (Wildman–Crippen MR) is 101 cm³/mol. The molecule has 2 saturated carbocycles. The minimum atomic E-state index is -0.647. The van der Waals surface area contributed by atoms with E-state index in [0.717, 1.165) is 40.6 Å². The van der Waals surface area contributed by atoms with E-state index in [1.807, 2.05) is 24.3 Å². The number of hydrogen-bond acceptors (Lipinski definition) is 4. The molecule has 0 aliphatic heterocycles. The van der Waals surface area contributed by atoms with Crippen molar-refractivity contribution in [1.82, 2.24) is 5.32 Å². The molecule has 134 valence electrons. The fourth-order valence-corrected chi connectivity index (χ4v) is 5.66. The third-order valence-corrected chi connectivity index (χ3v) is 7.24. The van der Waals surface area contributed by atoms with Crippen LogP contribution in [0.1, 0.15) is 43.1 Å². The van der Waals surface area contributed by atoms with Crippen LogP contribution in [0.15, 0.2) is 30.3 Å². The SMILES string of the molecule is NC1C2CCCC1CC(C(=O)NCC(O)c1cc3ccccc3s1)C2. The summed E-state index contributed by atoms with van der Waals surface area (Å²) in [6, 6.07) is 10.4. The van der Waals surface area contributed by atoms with Gasteiger partial charge in [0.1, 0.15) is 6.10 Å². The van der Waals surface area contributed by atoms with Crippen LogP contribution in [0.5, 0.6) is 0 Å². The van der Waals surface area contributed by atoms with Gasteiger partial charge in [0.05, 0.1) is 0 Å². The number of carbonyl (C=O) groups excluding carboxylic acids is 1. The number of aliphatic hydroxyl groups is 1. The Morgan fingerprint density at radius 1 is 1.28 bits per heavy atom. The van der Waals surface area contributed by atoms with E-state index in [9.17, 15) is 9.90 Å². The maximum Gasteiger partial charge on any atom is 0.223 e. The number of rotatable bonds is 4. The predicted octanol–water partition coefficient (Wildman–Crippen LogP) is 3.20. The summed E-state index contributed by atoms with van der Waals surface area (Å²) < 4.78 is 1.16. The molecule has 0 saturated heterocycles. The van der Waals surface area contributed by atoms with Crippen molar-refractivity contribution in [2.24, 2.45) is 23.5 Å². The highest BCUT2D eigenvalue weighted by atomic mass is 32.1. The van der Waals surface area contributed by atoms with E-state index in [-0.39, 0.29) is 24.4 Å². The Bertz CT molecular complexity index is 712. The lowest BCUT2D eigenvalue weighted by molar-refractivity contribution is -0.128. The molecule has 2 aromatic rings. The van der Waals surface area contributed by atoms with E-state index in [2.05, 4.69) is 11.4 Å². The Balaban J connectivity index is 1.35. The summed E-state index contributed by atoms with van der Waals surface area (Å²) in [4.78, 5) is 13.5. The summed E-state index contributed by atoms with van der Waals surface area (Å²) in [5.41, 5.74) is 6.31. The van der Waals surface area contributed by atoms with E-state index in [0.29, 0.717) is 11.8 Å².